The third kappa shape index (κ3) is 2.73. The predicted molar refractivity (Wildman–Crippen MR) is 60.7 cm³/mol. The zero-order valence-electron chi connectivity index (χ0n) is 8.58. The SMILES string of the molecule is O=[N+]([O-])c1cnc(Cl)nc1Cc1ccncc1. The summed E-state index contributed by atoms with van der Waals surface area (Å²) < 4.78 is 0. The Morgan fingerprint density at radius 3 is 2.71 bits per heavy atom. The van der Waals surface area contributed by atoms with E-state index in [4.69, 9.17) is 11.6 Å². The summed E-state index contributed by atoms with van der Waals surface area (Å²) in [4.78, 5) is 21.6. The highest BCUT2D eigenvalue weighted by Gasteiger charge is 2.16. The molecule has 0 aromatic carbocycles. The summed E-state index contributed by atoms with van der Waals surface area (Å²) in [5.74, 6) is 0. The Balaban J connectivity index is 2.37. The van der Waals surface area contributed by atoms with E-state index >= 15 is 0 Å². The molecule has 2 aromatic rings. The fourth-order valence-electron chi connectivity index (χ4n) is 1.36. The maximum atomic E-state index is 10.8. The Morgan fingerprint density at radius 2 is 2.06 bits per heavy atom. The quantitative estimate of drug-likeness (QED) is 0.473. The van der Waals surface area contributed by atoms with Crippen molar-refractivity contribution in [3.63, 3.8) is 0 Å². The van der Waals surface area contributed by atoms with Crippen LogP contribution in [0, 0.1) is 10.1 Å². The van der Waals surface area contributed by atoms with Crippen LogP contribution in [0.1, 0.15) is 11.3 Å². The number of aromatic nitrogens is 3. The van der Waals surface area contributed by atoms with Gasteiger partial charge in [-0.3, -0.25) is 15.1 Å². The summed E-state index contributed by atoms with van der Waals surface area (Å²) in [6, 6.07) is 3.53. The molecule has 0 saturated carbocycles. The average molecular weight is 251 g/mol. The van der Waals surface area contributed by atoms with Crippen LogP contribution >= 0.6 is 11.6 Å². The van der Waals surface area contributed by atoms with Gasteiger partial charge in [-0.1, -0.05) is 0 Å². The summed E-state index contributed by atoms with van der Waals surface area (Å²) in [7, 11) is 0. The molecule has 2 aromatic heterocycles. The average Bonchev–Trinajstić information content (AvgIpc) is 2.30. The Labute approximate surface area is 101 Å². The molecule has 0 bridgehead atoms. The minimum absolute atomic E-state index is 0.000318. The molecule has 2 heterocycles. The fraction of sp³-hybridized carbons (Fsp3) is 0.100. The molecule has 0 atom stereocenters. The number of hydrogen-bond acceptors (Lipinski definition) is 5. The van der Waals surface area contributed by atoms with Gasteiger partial charge < -0.3 is 0 Å². The molecule has 0 aliphatic heterocycles. The minimum Gasteiger partial charge on any atom is -0.265 e. The molecule has 86 valence electrons. The van der Waals surface area contributed by atoms with E-state index in [1.165, 1.54) is 0 Å². The lowest BCUT2D eigenvalue weighted by molar-refractivity contribution is -0.386. The van der Waals surface area contributed by atoms with Gasteiger partial charge in [-0.25, -0.2) is 9.97 Å². The molecule has 17 heavy (non-hydrogen) atoms. The van der Waals surface area contributed by atoms with E-state index < -0.39 is 4.92 Å². The number of hydrogen-bond donors (Lipinski definition) is 0. The highest BCUT2D eigenvalue weighted by molar-refractivity contribution is 6.28. The summed E-state index contributed by atoms with van der Waals surface area (Å²) in [5, 5.41) is 10.8. The van der Waals surface area contributed by atoms with Gasteiger partial charge >= 0.3 is 5.69 Å². The van der Waals surface area contributed by atoms with E-state index in [-0.39, 0.29) is 11.0 Å². The van der Waals surface area contributed by atoms with Crippen LogP contribution in [-0.4, -0.2) is 19.9 Å². The van der Waals surface area contributed by atoms with E-state index in [0.717, 1.165) is 11.8 Å². The monoisotopic (exact) mass is 250 g/mol. The van der Waals surface area contributed by atoms with Crippen molar-refractivity contribution in [1.29, 1.82) is 0 Å². The summed E-state index contributed by atoms with van der Waals surface area (Å²) in [6.45, 7) is 0. The first-order chi connectivity index (χ1) is 8.16. The summed E-state index contributed by atoms with van der Waals surface area (Å²) >= 11 is 5.63. The van der Waals surface area contributed by atoms with Crippen molar-refractivity contribution in [1.82, 2.24) is 15.0 Å². The zero-order valence-corrected chi connectivity index (χ0v) is 9.33. The van der Waals surface area contributed by atoms with E-state index in [1.807, 2.05) is 0 Å². The second-order valence-electron chi connectivity index (χ2n) is 3.26. The van der Waals surface area contributed by atoms with Crippen LogP contribution < -0.4 is 0 Å². The van der Waals surface area contributed by atoms with Gasteiger partial charge in [-0.2, -0.15) is 0 Å². The lowest BCUT2D eigenvalue weighted by atomic mass is 10.1. The minimum atomic E-state index is -0.521. The third-order valence-electron chi connectivity index (χ3n) is 2.13. The number of halogens is 1. The highest BCUT2D eigenvalue weighted by Crippen LogP contribution is 2.19. The van der Waals surface area contributed by atoms with E-state index in [0.29, 0.717) is 12.1 Å². The van der Waals surface area contributed by atoms with Gasteiger partial charge in [0, 0.05) is 18.8 Å². The molecule has 0 amide bonds. The molecular weight excluding hydrogens is 244 g/mol. The lowest BCUT2D eigenvalue weighted by Gasteiger charge is -2.02. The molecule has 0 aliphatic rings. The van der Waals surface area contributed by atoms with Crippen LogP contribution in [0.2, 0.25) is 5.28 Å². The molecular formula is C10H7ClN4O2. The van der Waals surface area contributed by atoms with Crippen LogP contribution in [0.4, 0.5) is 5.69 Å². The normalized spacial score (nSPS) is 10.2. The van der Waals surface area contributed by atoms with Crippen molar-refractivity contribution in [2.45, 2.75) is 6.42 Å². The molecule has 6 nitrogen and oxygen atoms in total. The molecule has 0 radical (unpaired) electrons. The largest absolute Gasteiger partial charge is 0.309 e. The number of pyridine rings is 1. The van der Waals surface area contributed by atoms with Crippen LogP contribution in [0.15, 0.2) is 30.7 Å². The molecule has 0 fully saturated rings. The summed E-state index contributed by atoms with van der Waals surface area (Å²) in [6.07, 6.45) is 4.67. The molecule has 0 spiro atoms. The first kappa shape index (κ1) is 11.4. The third-order valence-corrected chi connectivity index (χ3v) is 2.32. The molecule has 0 N–H and O–H groups in total. The smallest absolute Gasteiger partial charge is 0.265 e. The number of nitro groups is 1. The Morgan fingerprint density at radius 1 is 1.35 bits per heavy atom. The van der Waals surface area contributed by atoms with Gasteiger partial charge in [-0.15, -0.1) is 0 Å². The topological polar surface area (TPSA) is 81.8 Å². The summed E-state index contributed by atoms with van der Waals surface area (Å²) in [5.41, 5.74) is 1.03. The van der Waals surface area contributed by atoms with Crippen molar-refractivity contribution in [2.75, 3.05) is 0 Å². The maximum Gasteiger partial charge on any atom is 0.309 e. The van der Waals surface area contributed by atoms with Gasteiger partial charge in [0.15, 0.2) is 0 Å². The molecule has 7 heteroatoms. The molecule has 0 unspecified atom stereocenters. The van der Waals surface area contributed by atoms with Gasteiger partial charge in [0.1, 0.15) is 11.9 Å². The Kier molecular flexibility index (Phi) is 3.24. The van der Waals surface area contributed by atoms with E-state index in [1.54, 1.807) is 24.5 Å². The van der Waals surface area contributed by atoms with Crippen molar-refractivity contribution in [2.24, 2.45) is 0 Å². The second-order valence-corrected chi connectivity index (χ2v) is 3.60. The standard InChI is InChI=1S/C10H7ClN4O2/c11-10-13-6-9(15(16)17)8(14-10)5-7-1-3-12-4-2-7/h1-4,6H,5H2. The maximum absolute atomic E-state index is 10.8. The predicted octanol–water partition coefficient (Wildman–Crippen LogP) is 2.02. The van der Waals surface area contributed by atoms with Gasteiger partial charge in [0.05, 0.1) is 4.92 Å². The lowest BCUT2D eigenvalue weighted by Crippen LogP contribution is -2.01. The fourth-order valence-corrected chi connectivity index (χ4v) is 1.51. The van der Waals surface area contributed by atoms with Gasteiger partial charge in [0.25, 0.3) is 0 Å². The first-order valence-electron chi connectivity index (χ1n) is 4.71. The van der Waals surface area contributed by atoms with Gasteiger partial charge in [-0.05, 0) is 29.3 Å². The van der Waals surface area contributed by atoms with Crippen LogP contribution in [0.5, 0.6) is 0 Å². The van der Waals surface area contributed by atoms with Crippen molar-refractivity contribution in [3.05, 3.63) is 57.4 Å². The van der Waals surface area contributed by atoms with Crippen LogP contribution in [0.25, 0.3) is 0 Å². The van der Waals surface area contributed by atoms with E-state index in [9.17, 15) is 10.1 Å². The Hall–Kier alpha value is -2.08. The van der Waals surface area contributed by atoms with Crippen molar-refractivity contribution in [3.8, 4) is 0 Å². The van der Waals surface area contributed by atoms with Crippen LogP contribution in [-0.2, 0) is 6.42 Å². The molecule has 2 rings (SSSR count). The first-order valence-corrected chi connectivity index (χ1v) is 5.09. The van der Waals surface area contributed by atoms with Gasteiger partial charge in [0.2, 0.25) is 5.28 Å². The molecule has 0 aliphatic carbocycles. The number of nitrogens with zero attached hydrogens (tertiary/aromatic N) is 4. The number of rotatable bonds is 3. The van der Waals surface area contributed by atoms with Crippen molar-refractivity contribution < 1.29 is 4.92 Å². The van der Waals surface area contributed by atoms with E-state index in [2.05, 4.69) is 15.0 Å². The molecule has 0 saturated heterocycles. The van der Waals surface area contributed by atoms with Crippen LogP contribution in [0.3, 0.4) is 0 Å². The highest BCUT2D eigenvalue weighted by atomic mass is 35.5. The Bertz CT molecular complexity index is 547. The second kappa shape index (κ2) is 4.84. The zero-order chi connectivity index (χ0) is 12.3. The van der Waals surface area contributed by atoms with Crippen molar-refractivity contribution >= 4 is 17.3 Å².